The van der Waals surface area contributed by atoms with Gasteiger partial charge in [-0.15, -0.1) is 0 Å². The standard InChI is InChI=1S/C13H14Br2/c14-9-5-4-8-13(11-15)10-12-6-2-1-3-7-12/h1-8H,9-11H2/b5-4+,13-8+. The zero-order chi connectivity index (χ0) is 10.9. The molecule has 0 aromatic heterocycles. The van der Waals surface area contributed by atoms with Crippen LogP contribution in [0.2, 0.25) is 0 Å². The maximum atomic E-state index is 3.51. The van der Waals surface area contributed by atoms with Gasteiger partial charge in [-0.2, -0.15) is 0 Å². The Morgan fingerprint density at radius 2 is 1.87 bits per heavy atom. The highest BCUT2D eigenvalue weighted by Gasteiger charge is 1.96. The molecule has 1 aromatic carbocycles. The van der Waals surface area contributed by atoms with Crippen molar-refractivity contribution in [3.05, 3.63) is 59.7 Å². The molecular weight excluding hydrogens is 316 g/mol. The largest absolute Gasteiger partial charge is 0.0883 e. The van der Waals surface area contributed by atoms with Crippen molar-refractivity contribution < 1.29 is 0 Å². The minimum Gasteiger partial charge on any atom is -0.0883 e. The SMILES string of the molecule is BrC/C=C/C=C(/CBr)Cc1ccccc1. The molecule has 0 nitrogen and oxygen atoms in total. The van der Waals surface area contributed by atoms with Crippen LogP contribution < -0.4 is 0 Å². The van der Waals surface area contributed by atoms with Crippen molar-refractivity contribution in [3.8, 4) is 0 Å². The molecule has 1 aromatic rings. The van der Waals surface area contributed by atoms with E-state index in [9.17, 15) is 0 Å². The average molecular weight is 330 g/mol. The lowest BCUT2D eigenvalue weighted by Gasteiger charge is -2.02. The Labute approximate surface area is 108 Å². The monoisotopic (exact) mass is 328 g/mol. The first kappa shape index (κ1) is 12.7. The smallest absolute Gasteiger partial charge is 0.0248 e. The number of rotatable bonds is 5. The molecule has 0 spiro atoms. The molecule has 0 amide bonds. The Bertz CT molecular complexity index is 326. The van der Waals surface area contributed by atoms with Gasteiger partial charge in [-0.05, 0) is 12.0 Å². The fourth-order valence-corrected chi connectivity index (χ4v) is 1.87. The fraction of sp³-hybridized carbons (Fsp3) is 0.231. The third-order valence-corrected chi connectivity index (χ3v) is 3.10. The van der Waals surface area contributed by atoms with Gasteiger partial charge in [0.05, 0.1) is 0 Å². The zero-order valence-corrected chi connectivity index (χ0v) is 11.7. The van der Waals surface area contributed by atoms with Crippen LogP contribution in [-0.2, 0) is 6.42 Å². The molecule has 0 heterocycles. The van der Waals surface area contributed by atoms with E-state index in [-0.39, 0.29) is 0 Å². The molecule has 0 radical (unpaired) electrons. The van der Waals surface area contributed by atoms with Gasteiger partial charge in [-0.1, -0.05) is 86.0 Å². The number of hydrogen-bond acceptors (Lipinski definition) is 0. The Morgan fingerprint density at radius 1 is 1.13 bits per heavy atom. The third kappa shape index (κ3) is 5.33. The first-order valence-electron chi connectivity index (χ1n) is 4.87. The molecule has 0 N–H and O–H groups in total. The Morgan fingerprint density at radius 3 is 2.47 bits per heavy atom. The molecule has 0 saturated heterocycles. The van der Waals surface area contributed by atoms with Crippen LogP contribution in [0.5, 0.6) is 0 Å². The van der Waals surface area contributed by atoms with E-state index in [1.807, 2.05) is 6.07 Å². The Hall–Kier alpha value is -0.340. The normalized spacial score (nSPS) is 12.3. The second kappa shape index (κ2) is 7.89. The minimum absolute atomic E-state index is 0.907. The predicted octanol–water partition coefficient (Wildman–Crippen LogP) is 4.50. The van der Waals surface area contributed by atoms with Crippen LogP contribution in [-0.4, -0.2) is 10.7 Å². The van der Waals surface area contributed by atoms with Gasteiger partial charge in [0.25, 0.3) is 0 Å². The molecule has 0 aliphatic rings. The first-order chi connectivity index (χ1) is 7.36. The molecule has 2 heteroatoms. The van der Waals surface area contributed by atoms with Gasteiger partial charge in [-0.3, -0.25) is 0 Å². The van der Waals surface area contributed by atoms with Crippen LogP contribution in [0.3, 0.4) is 0 Å². The molecule has 0 aliphatic heterocycles. The van der Waals surface area contributed by atoms with Gasteiger partial charge in [0.15, 0.2) is 0 Å². The summed E-state index contributed by atoms with van der Waals surface area (Å²) in [4.78, 5) is 0. The summed E-state index contributed by atoms with van der Waals surface area (Å²) in [6, 6.07) is 10.5. The van der Waals surface area contributed by atoms with Crippen molar-refractivity contribution in [2.45, 2.75) is 6.42 Å². The van der Waals surface area contributed by atoms with E-state index >= 15 is 0 Å². The summed E-state index contributed by atoms with van der Waals surface area (Å²) in [7, 11) is 0. The van der Waals surface area contributed by atoms with Crippen LogP contribution in [0, 0.1) is 0 Å². The summed E-state index contributed by atoms with van der Waals surface area (Å²) in [5, 5.41) is 1.83. The predicted molar refractivity (Wildman–Crippen MR) is 75.0 cm³/mol. The van der Waals surface area contributed by atoms with Crippen molar-refractivity contribution in [3.63, 3.8) is 0 Å². The lowest BCUT2D eigenvalue weighted by molar-refractivity contribution is 1.16. The summed E-state index contributed by atoms with van der Waals surface area (Å²) < 4.78 is 0. The highest BCUT2D eigenvalue weighted by atomic mass is 79.9. The van der Waals surface area contributed by atoms with Gasteiger partial charge in [0, 0.05) is 10.7 Å². The molecule has 80 valence electrons. The van der Waals surface area contributed by atoms with Crippen molar-refractivity contribution in [2.24, 2.45) is 0 Å². The van der Waals surface area contributed by atoms with Crippen LogP contribution in [0.15, 0.2) is 54.1 Å². The highest BCUT2D eigenvalue weighted by Crippen LogP contribution is 2.10. The number of hydrogen-bond donors (Lipinski definition) is 0. The summed E-state index contributed by atoms with van der Waals surface area (Å²) >= 11 is 6.87. The maximum Gasteiger partial charge on any atom is 0.0248 e. The van der Waals surface area contributed by atoms with E-state index in [0.717, 1.165) is 17.1 Å². The van der Waals surface area contributed by atoms with E-state index in [1.54, 1.807) is 0 Å². The van der Waals surface area contributed by atoms with Crippen LogP contribution in [0.4, 0.5) is 0 Å². The molecule has 1 rings (SSSR count). The van der Waals surface area contributed by atoms with Crippen molar-refractivity contribution in [1.82, 2.24) is 0 Å². The molecule has 0 aliphatic carbocycles. The topological polar surface area (TPSA) is 0 Å². The zero-order valence-electron chi connectivity index (χ0n) is 8.50. The van der Waals surface area contributed by atoms with Crippen molar-refractivity contribution >= 4 is 31.9 Å². The number of alkyl halides is 2. The van der Waals surface area contributed by atoms with Crippen LogP contribution >= 0.6 is 31.9 Å². The quantitative estimate of drug-likeness (QED) is 0.551. The number of halogens is 2. The second-order valence-corrected chi connectivity index (χ2v) is 4.41. The molecule has 0 atom stereocenters. The Kier molecular flexibility index (Phi) is 6.69. The van der Waals surface area contributed by atoms with Crippen molar-refractivity contribution in [2.75, 3.05) is 10.7 Å². The molecule has 0 fully saturated rings. The summed E-state index contributed by atoms with van der Waals surface area (Å²) in [6.45, 7) is 0. The number of allylic oxidation sites excluding steroid dienone is 4. The molecule has 0 saturated carbocycles. The second-order valence-electron chi connectivity index (χ2n) is 3.20. The van der Waals surface area contributed by atoms with Gasteiger partial charge < -0.3 is 0 Å². The first-order valence-corrected chi connectivity index (χ1v) is 7.11. The van der Waals surface area contributed by atoms with E-state index in [2.05, 4.69) is 74.4 Å². The fourth-order valence-electron chi connectivity index (χ4n) is 1.26. The van der Waals surface area contributed by atoms with Crippen LogP contribution in [0.1, 0.15) is 5.56 Å². The Balaban J connectivity index is 2.61. The summed E-state index contributed by atoms with van der Waals surface area (Å²) in [5.41, 5.74) is 2.74. The summed E-state index contributed by atoms with van der Waals surface area (Å²) in [5.74, 6) is 0. The molecular formula is C13H14Br2. The van der Waals surface area contributed by atoms with E-state index in [1.165, 1.54) is 11.1 Å². The van der Waals surface area contributed by atoms with E-state index in [0.29, 0.717) is 0 Å². The lowest BCUT2D eigenvalue weighted by Crippen LogP contribution is -1.91. The number of benzene rings is 1. The third-order valence-electron chi connectivity index (χ3n) is 2.00. The van der Waals surface area contributed by atoms with Gasteiger partial charge in [-0.25, -0.2) is 0 Å². The maximum absolute atomic E-state index is 3.51. The van der Waals surface area contributed by atoms with E-state index in [4.69, 9.17) is 0 Å². The van der Waals surface area contributed by atoms with Gasteiger partial charge >= 0.3 is 0 Å². The average Bonchev–Trinajstić information content (AvgIpc) is 2.29. The lowest BCUT2D eigenvalue weighted by atomic mass is 10.1. The van der Waals surface area contributed by atoms with Gasteiger partial charge in [0.1, 0.15) is 0 Å². The summed E-state index contributed by atoms with van der Waals surface area (Å²) in [6.07, 6.45) is 7.36. The minimum atomic E-state index is 0.907. The molecule has 0 unspecified atom stereocenters. The molecule has 0 bridgehead atoms. The van der Waals surface area contributed by atoms with Crippen molar-refractivity contribution in [1.29, 1.82) is 0 Å². The van der Waals surface area contributed by atoms with Gasteiger partial charge in [0.2, 0.25) is 0 Å². The van der Waals surface area contributed by atoms with Crippen LogP contribution in [0.25, 0.3) is 0 Å². The molecule has 15 heavy (non-hydrogen) atoms. The highest BCUT2D eigenvalue weighted by molar-refractivity contribution is 9.09. The van der Waals surface area contributed by atoms with E-state index < -0.39 is 0 Å².